The molecular formula is C16H30N2O3. The summed E-state index contributed by atoms with van der Waals surface area (Å²) in [5.74, 6) is 0.446. The SMILES string of the molecule is CC(C)(C)OC(=O)N1CCCC(COC2CCNCC2)C1. The summed E-state index contributed by atoms with van der Waals surface area (Å²) in [4.78, 5) is 14.0. The maximum absolute atomic E-state index is 12.1. The van der Waals surface area contributed by atoms with E-state index >= 15 is 0 Å². The van der Waals surface area contributed by atoms with Crippen LogP contribution in [-0.2, 0) is 9.47 Å². The van der Waals surface area contributed by atoms with Gasteiger partial charge < -0.3 is 19.7 Å². The van der Waals surface area contributed by atoms with E-state index in [9.17, 15) is 4.79 Å². The van der Waals surface area contributed by atoms with Crippen molar-refractivity contribution < 1.29 is 14.3 Å². The first kappa shape index (κ1) is 16.6. The summed E-state index contributed by atoms with van der Waals surface area (Å²) < 4.78 is 11.5. The van der Waals surface area contributed by atoms with Crippen LogP contribution in [0, 0.1) is 5.92 Å². The molecule has 21 heavy (non-hydrogen) atoms. The van der Waals surface area contributed by atoms with Crippen molar-refractivity contribution >= 4 is 6.09 Å². The Morgan fingerprint density at radius 3 is 2.62 bits per heavy atom. The molecule has 1 unspecified atom stereocenters. The van der Waals surface area contributed by atoms with Gasteiger partial charge in [-0.05, 0) is 59.5 Å². The van der Waals surface area contributed by atoms with Crippen LogP contribution in [0.4, 0.5) is 4.79 Å². The minimum Gasteiger partial charge on any atom is -0.444 e. The molecule has 0 spiro atoms. The van der Waals surface area contributed by atoms with Crippen LogP contribution in [0.25, 0.3) is 0 Å². The van der Waals surface area contributed by atoms with E-state index < -0.39 is 5.60 Å². The standard InChI is InChI=1S/C16H30N2O3/c1-16(2,3)21-15(19)18-10-4-5-13(11-18)12-20-14-6-8-17-9-7-14/h13-14,17H,4-12H2,1-3H3. The van der Waals surface area contributed by atoms with E-state index in [4.69, 9.17) is 9.47 Å². The molecule has 1 amide bonds. The molecule has 0 aliphatic carbocycles. The Morgan fingerprint density at radius 2 is 1.95 bits per heavy atom. The number of rotatable bonds is 3. The first-order valence-electron chi connectivity index (χ1n) is 8.24. The van der Waals surface area contributed by atoms with Crippen LogP contribution in [0.1, 0.15) is 46.5 Å². The van der Waals surface area contributed by atoms with E-state index in [0.29, 0.717) is 12.0 Å². The fraction of sp³-hybridized carbons (Fsp3) is 0.938. The number of hydrogen-bond acceptors (Lipinski definition) is 4. The van der Waals surface area contributed by atoms with Gasteiger partial charge in [0.15, 0.2) is 0 Å². The molecule has 2 heterocycles. The molecule has 1 N–H and O–H groups in total. The van der Waals surface area contributed by atoms with Gasteiger partial charge in [0.25, 0.3) is 0 Å². The summed E-state index contributed by atoms with van der Waals surface area (Å²) in [6.45, 7) is 10.2. The van der Waals surface area contributed by atoms with Gasteiger partial charge in [0, 0.05) is 19.0 Å². The van der Waals surface area contributed by atoms with Crippen molar-refractivity contribution in [3.8, 4) is 0 Å². The summed E-state index contributed by atoms with van der Waals surface area (Å²) in [6.07, 6.45) is 4.59. The van der Waals surface area contributed by atoms with E-state index in [1.807, 2.05) is 25.7 Å². The van der Waals surface area contributed by atoms with Crippen molar-refractivity contribution in [1.29, 1.82) is 0 Å². The highest BCUT2D eigenvalue weighted by Crippen LogP contribution is 2.21. The van der Waals surface area contributed by atoms with Crippen molar-refractivity contribution in [1.82, 2.24) is 10.2 Å². The zero-order chi connectivity index (χ0) is 15.3. The van der Waals surface area contributed by atoms with E-state index in [1.165, 1.54) is 0 Å². The number of carbonyl (C=O) groups excluding carboxylic acids is 1. The number of hydrogen-bond donors (Lipinski definition) is 1. The first-order chi connectivity index (χ1) is 9.94. The molecule has 2 aliphatic heterocycles. The van der Waals surface area contributed by atoms with Gasteiger partial charge in [0.05, 0.1) is 12.7 Å². The third-order valence-corrected chi connectivity index (χ3v) is 4.02. The van der Waals surface area contributed by atoms with Gasteiger partial charge in [-0.15, -0.1) is 0 Å². The Balaban J connectivity index is 1.73. The average molecular weight is 298 g/mol. The van der Waals surface area contributed by atoms with Crippen LogP contribution in [0.3, 0.4) is 0 Å². The minimum atomic E-state index is -0.421. The van der Waals surface area contributed by atoms with Gasteiger partial charge in [-0.3, -0.25) is 0 Å². The largest absolute Gasteiger partial charge is 0.444 e. The van der Waals surface area contributed by atoms with Crippen molar-refractivity contribution in [3.63, 3.8) is 0 Å². The van der Waals surface area contributed by atoms with Crippen LogP contribution >= 0.6 is 0 Å². The molecule has 0 aromatic heterocycles. The predicted octanol–water partition coefficient (Wildman–Crippen LogP) is 2.40. The molecule has 5 nitrogen and oxygen atoms in total. The van der Waals surface area contributed by atoms with Crippen molar-refractivity contribution in [2.75, 3.05) is 32.8 Å². The second-order valence-corrected chi connectivity index (χ2v) is 7.22. The molecule has 122 valence electrons. The van der Waals surface area contributed by atoms with Gasteiger partial charge in [-0.25, -0.2) is 4.79 Å². The third-order valence-electron chi connectivity index (χ3n) is 4.02. The monoisotopic (exact) mass is 298 g/mol. The molecule has 0 saturated carbocycles. The molecule has 0 aromatic rings. The van der Waals surface area contributed by atoms with E-state index in [0.717, 1.165) is 58.5 Å². The number of nitrogens with zero attached hydrogens (tertiary/aromatic N) is 1. The van der Waals surface area contributed by atoms with Gasteiger partial charge >= 0.3 is 6.09 Å². The molecule has 5 heteroatoms. The highest BCUT2D eigenvalue weighted by molar-refractivity contribution is 5.68. The molecule has 0 aromatic carbocycles. The Morgan fingerprint density at radius 1 is 1.24 bits per heavy atom. The number of nitrogens with one attached hydrogen (secondary N) is 1. The molecule has 0 bridgehead atoms. The van der Waals surface area contributed by atoms with Crippen molar-refractivity contribution in [3.05, 3.63) is 0 Å². The lowest BCUT2D eigenvalue weighted by atomic mass is 9.99. The summed E-state index contributed by atoms with van der Waals surface area (Å²) in [6, 6.07) is 0. The van der Waals surface area contributed by atoms with Gasteiger partial charge in [-0.1, -0.05) is 0 Å². The zero-order valence-electron chi connectivity index (χ0n) is 13.7. The second-order valence-electron chi connectivity index (χ2n) is 7.22. The van der Waals surface area contributed by atoms with Gasteiger partial charge in [-0.2, -0.15) is 0 Å². The minimum absolute atomic E-state index is 0.186. The number of likely N-dealkylation sites (tertiary alicyclic amines) is 1. The molecular weight excluding hydrogens is 268 g/mol. The summed E-state index contributed by atoms with van der Waals surface area (Å²) in [5, 5.41) is 3.35. The van der Waals surface area contributed by atoms with Crippen molar-refractivity contribution in [2.45, 2.75) is 58.2 Å². The quantitative estimate of drug-likeness (QED) is 0.869. The molecule has 2 rings (SSSR count). The fourth-order valence-corrected chi connectivity index (χ4v) is 2.93. The fourth-order valence-electron chi connectivity index (χ4n) is 2.93. The van der Waals surface area contributed by atoms with Gasteiger partial charge in [0.2, 0.25) is 0 Å². The average Bonchev–Trinajstić information content (AvgIpc) is 2.45. The third kappa shape index (κ3) is 5.83. The van der Waals surface area contributed by atoms with Crippen LogP contribution in [-0.4, -0.2) is 55.5 Å². The molecule has 2 fully saturated rings. The van der Waals surface area contributed by atoms with Crippen LogP contribution in [0.5, 0.6) is 0 Å². The number of amides is 1. The molecule has 2 aliphatic rings. The van der Waals surface area contributed by atoms with E-state index in [1.54, 1.807) is 0 Å². The first-order valence-corrected chi connectivity index (χ1v) is 8.24. The predicted molar refractivity (Wildman–Crippen MR) is 82.4 cm³/mol. The van der Waals surface area contributed by atoms with Crippen LogP contribution in [0.15, 0.2) is 0 Å². The number of piperidine rings is 2. The molecule has 2 saturated heterocycles. The summed E-state index contributed by atoms with van der Waals surface area (Å²) in [5.41, 5.74) is -0.421. The Bertz CT molecular complexity index is 335. The lowest BCUT2D eigenvalue weighted by molar-refractivity contribution is -0.0146. The normalized spacial score (nSPS) is 24.9. The van der Waals surface area contributed by atoms with Crippen LogP contribution < -0.4 is 5.32 Å². The number of carbonyl (C=O) groups is 1. The second kappa shape index (κ2) is 7.45. The summed E-state index contributed by atoms with van der Waals surface area (Å²) in [7, 11) is 0. The van der Waals surface area contributed by atoms with Gasteiger partial charge in [0.1, 0.15) is 5.60 Å². The van der Waals surface area contributed by atoms with Crippen LogP contribution in [0.2, 0.25) is 0 Å². The maximum atomic E-state index is 12.1. The molecule has 0 radical (unpaired) electrons. The Labute approximate surface area is 128 Å². The Hall–Kier alpha value is -0.810. The summed E-state index contributed by atoms with van der Waals surface area (Å²) >= 11 is 0. The smallest absolute Gasteiger partial charge is 0.410 e. The topological polar surface area (TPSA) is 50.8 Å². The zero-order valence-corrected chi connectivity index (χ0v) is 13.7. The Kier molecular flexibility index (Phi) is 5.88. The maximum Gasteiger partial charge on any atom is 0.410 e. The van der Waals surface area contributed by atoms with E-state index in [2.05, 4.69) is 5.32 Å². The highest BCUT2D eigenvalue weighted by Gasteiger charge is 2.28. The lowest BCUT2D eigenvalue weighted by Gasteiger charge is -2.35. The molecule has 1 atom stereocenters. The number of ether oxygens (including phenoxy) is 2. The van der Waals surface area contributed by atoms with E-state index in [-0.39, 0.29) is 6.09 Å². The lowest BCUT2D eigenvalue weighted by Crippen LogP contribution is -2.44. The van der Waals surface area contributed by atoms with Crippen molar-refractivity contribution in [2.24, 2.45) is 5.92 Å². The highest BCUT2D eigenvalue weighted by atomic mass is 16.6.